The number of aromatic nitrogens is 4. The highest BCUT2D eigenvalue weighted by Gasteiger charge is 2.17. The van der Waals surface area contributed by atoms with E-state index in [1.165, 1.54) is 41.8 Å². The summed E-state index contributed by atoms with van der Waals surface area (Å²) in [5, 5.41) is 2.71. The van der Waals surface area contributed by atoms with Gasteiger partial charge in [0, 0.05) is 34.8 Å². The average molecular weight is 428 g/mol. The molecule has 9 nitrogen and oxygen atoms in total. The maximum Gasteiger partial charge on any atom is 0.275 e. The molecule has 29 heavy (non-hydrogen) atoms. The second-order valence-corrected chi connectivity index (χ2v) is 9.16. The van der Waals surface area contributed by atoms with Crippen molar-refractivity contribution in [1.29, 1.82) is 0 Å². The Morgan fingerprint density at radius 3 is 2.52 bits per heavy atom. The standard InChI is InChI=1S/C18H16N6O3S2/c1-11-7-8-19-17(20-11)23-29(26,27)14-5-3-13(4-6-14)21-16(25)15-10-24-9-12(2)28-18(24)22-15/h3-10H,1-2H3,(H,21,25)(H,19,20,23). The number of carbonyl (C=O) groups excluding carboxylic acids is 1. The van der Waals surface area contributed by atoms with Crippen LogP contribution < -0.4 is 10.0 Å². The Kier molecular flexibility index (Phi) is 4.76. The number of anilines is 2. The zero-order valence-corrected chi connectivity index (χ0v) is 17.1. The number of benzene rings is 1. The Labute approximate surface area is 170 Å². The van der Waals surface area contributed by atoms with E-state index in [2.05, 4.69) is 25.0 Å². The first-order valence-electron chi connectivity index (χ1n) is 8.49. The number of carbonyl (C=O) groups is 1. The third-order valence-electron chi connectivity index (χ3n) is 3.95. The van der Waals surface area contributed by atoms with Crippen LogP contribution in [0, 0.1) is 13.8 Å². The Morgan fingerprint density at radius 2 is 1.83 bits per heavy atom. The summed E-state index contributed by atoms with van der Waals surface area (Å²) in [4.78, 5) is 26.5. The first kappa shape index (κ1) is 19.0. The number of fused-ring (bicyclic) bond motifs is 1. The van der Waals surface area contributed by atoms with E-state index in [9.17, 15) is 13.2 Å². The topological polar surface area (TPSA) is 118 Å². The fourth-order valence-electron chi connectivity index (χ4n) is 2.61. The molecule has 0 saturated heterocycles. The molecule has 11 heteroatoms. The summed E-state index contributed by atoms with van der Waals surface area (Å²) in [6.45, 7) is 3.70. The largest absolute Gasteiger partial charge is 0.321 e. The van der Waals surface area contributed by atoms with E-state index in [1.54, 1.807) is 23.6 Å². The number of nitrogens with one attached hydrogen (secondary N) is 2. The first-order chi connectivity index (χ1) is 13.8. The third kappa shape index (κ3) is 4.10. The predicted octanol–water partition coefficient (Wildman–Crippen LogP) is 2.86. The molecular formula is C18H16N6O3S2. The van der Waals surface area contributed by atoms with Gasteiger partial charge in [-0.1, -0.05) is 0 Å². The molecule has 0 aliphatic heterocycles. The van der Waals surface area contributed by atoms with Crippen molar-refractivity contribution >= 4 is 43.9 Å². The van der Waals surface area contributed by atoms with Crippen molar-refractivity contribution in [2.45, 2.75) is 18.7 Å². The number of thiazole rings is 1. The van der Waals surface area contributed by atoms with Crippen LogP contribution in [0.5, 0.6) is 0 Å². The van der Waals surface area contributed by atoms with Gasteiger partial charge in [0.1, 0.15) is 5.69 Å². The average Bonchev–Trinajstić information content (AvgIpc) is 3.19. The van der Waals surface area contributed by atoms with Gasteiger partial charge in [0.15, 0.2) is 4.96 Å². The molecule has 0 fully saturated rings. The van der Waals surface area contributed by atoms with E-state index in [-0.39, 0.29) is 22.4 Å². The molecule has 0 radical (unpaired) electrons. The molecule has 0 bridgehead atoms. The molecule has 0 spiro atoms. The summed E-state index contributed by atoms with van der Waals surface area (Å²) in [5.41, 5.74) is 1.38. The molecule has 0 saturated carbocycles. The lowest BCUT2D eigenvalue weighted by Crippen LogP contribution is -2.16. The third-order valence-corrected chi connectivity index (χ3v) is 6.20. The molecule has 4 rings (SSSR count). The first-order valence-corrected chi connectivity index (χ1v) is 10.8. The van der Waals surface area contributed by atoms with Gasteiger partial charge in [-0.25, -0.2) is 28.1 Å². The molecule has 0 unspecified atom stereocenters. The van der Waals surface area contributed by atoms with Gasteiger partial charge in [0.2, 0.25) is 5.95 Å². The zero-order valence-electron chi connectivity index (χ0n) is 15.4. The van der Waals surface area contributed by atoms with E-state index in [0.29, 0.717) is 11.4 Å². The van der Waals surface area contributed by atoms with Crippen LogP contribution in [-0.2, 0) is 10.0 Å². The molecule has 3 heterocycles. The minimum Gasteiger partial charge on any atom is -0.321 e. The summed E-state index contributed by atoms with van der Waals surface area (Å²) in [6, 6.07) is 7.46. The lowest BCUT2D eigenvalue weighted by molar-refractivity contribution is 0.102. The second-order valence-electron chi connectivity index (χ2n) is 6.26. The second kappa shape index (κ2) is 7.26. The number of hydrogen-bond acceptors (Lipinski definition) is 7. The van der Waals surface area contributed by atoms with Crippen molar-refractivity contribution in [2.75, 3.05) is 10.0 Å². The lowest BCUT2D eigenvalue weighted by atomic mass is 10.3. The highest BCUT2D eigenvalue weighted by molar-refractivity contribution is 7.92. The Morgan fingerprint density at radius 1 is 1.07 bits per heavy atom. The van der Waals surface area contributed by atoms with E-state index in [4.69, 9.17) is 0 Å². The Hall–Kier alpha value is -3.31. The number of aryl methyl sites for hydroxylation is 2. The van der Waals surface area contributed by atoms with Crippen LogP contribution in [0.2, 0.25) is 0 Å². The van der Waals surface area contributed by atoms with Gasteiger partial charge >= 0.3 is 0 Å². The Balaban J connectivity index is 1.48. The molecule has 148 valence electrons. The van der Waals surface area contributed by atoms with Gasteiger partial charge in [-0.15, -0.1) is 11.3 Å². The SMILES string of the molecule is Cc1ccnc(NS(=O)(=O)c2ccc(NC(=O)c3cn4cc(C)sc4n3)cc2)n1. The lowest BCUT2D eigenvalue weighted by Gasteiger charge is -2.08. The molecular weight excluding hydrogens is 412 g/mol. The normalized spacial score (nSPS) is 11.5. The Bertz CT molecular complexity index is 1280. The van der Waals surface area contributed by atoms with Gasteiger partial charge in [0.05, 0.1) is 4.90 Å². The van der Waals surface area contributed by atoms with Crippen molar-refractivity contribution in [3.05, 3.63) is 65.2 Å². The van der Waals surface area contributed by atoms with Gasteiger partial charge in [-0.3, -0.25) is 9.20 Å². The molecule has 1 aromatic carbocycles. The van der Waals surface area contributed by atoms with Crippen molar-refractivity contribution in [2.24, 2.45) is 0 Å². The van der Waals surface area contributed by atoms with Gasteiger partial charge < -0.3 is 5.32 Å². The van der Waals surface area contributed by atoms with E-state index >= 15 is 0 Å². The summed E-state index contributed by atoms with van der Waals surface area (Å²) in [7, 11) is -3.84. The molecule has 0 aliphatic carbocycles. The molecule has 1 amide bonds. The van der Waals surface area contributed by atoms with Crippen LogP contribution in [0.4, 0.5) is 11.6 Å². The predicted molar refractivity (Wildman–Crippen MR) is 110 cm³/mol. The van der Waals surface area contributed by atoms with Crippen molar-refractivity contribution in [3.63, 3.8) is 0 Å². The number of amides is 1. The fourth-order valence-corrected chi connectivity index (χ4v) is 4.37. The number of hydrogen-bond donors (Lipinski definition) is 2. The summed E-state index contributed by atoms with van der Waals surface area (Å²) in [5.74, 6) is -0.377. The number of imidazole rings is 1. The monoisotopic (exact) mass is 428 g/mol. The molecule has 4 aromatic rings. The number of rotatable bonds is 5. The minimum atomic E-state index is -3.84. The molecule has 0 atom stereocenters. The molecule has 3 aromatic heterocycles. The molecule has 2 N–H and O–H groups in total. The van der Waals surface area contributed by atoms with E-state index < -0.39 is 10.0 Å². The van der Waals surface area contributed by atoms with Gasteiger partial charge in [-0.05, 0) is 44.2 Å². The van der Waals surface area contributed by atoms with Crippen molar-refractivity contribution in [1.82, 2.24) is 19.4 Å². The minimum absolute atomic E-state index is 0.00244. The van der Waals surface area contributed by atoms with Crippen LogP contribution >= 0.6 is 11.3 Å². The van der Waals surface area contributed by atoms with Gasteiger partial charge in [-0.2, -0.15) is 0 Å². The smallest absolute Gasteiger partial charge is 0.275 e. The van der Waals surface area contributed by atoms with Crippen molar-refractivity contribution < 1.29 is 13.2 Å². The van der Waals surface area contributed by atoms with Crippen LogP contribution in [0.1, 0.15) is 21.1 Å². The zero-order chi connectivity index (χ0) is 20.6. The van der Waals surface area contributed by atoms with E-state index in [1.807, 2.05) is 13.1 Å². The number of sulfonamides is 1. The maximum atomic E-state index is 12.5. The van der Waals surface area contributed by atoms with Crippen LogP contribution in [0.3, 0.4) is 0 Å². The quantitative estimate of drug-likeness (QED) is 0.505. The maximum absolute atomic E-state index is 12.5. The van der Waals surface area contributed by atoms with Crippen molar-refractivity contribution in [3.8, 4) is 0 Å². The fraction of sp³-hybridized carbons (Fsp3) is 0.111. The highest BCUT2D eigenvalue weighted by Crippen LogP contribution is 2.19. The summed E-state index contributed by atoms with van der Waals surface area (Å²) >= 11 is 1.49. The summed E-state index contributed by atoms with van der Waals surface area (Å²) < 4.78 is 29.1. The summed E-state index contributed by atoms with van der Waals surface area (Å²) in [6.07, 6.45) is 5.02. The van der Waals surface area contributed by atoms with Crippen LogP contribution in [-0.4, -0.2) is 33.7 Å². The van der Waals surface area contributed by atoms with Crippen LogP contribution in [0.25, 0.3) is 4.96 Å². The molecule has 0 aliphatic rings. The van der Waals surface area contributed by atoms with Crippen LogP contribution in [0.15, 0.2) is 53.8 Å². The highest BCUT2D eigenvalue weighted by atomic mass is 32.2. The van der Waals surface area contributed by atoms with Gasteiger partial charge in [0.25, 0.3) is 15.9 Å². The number of nitrogens with zero attached hydrogens (tertiary/aromatic N) is 4. The van der Waals surface area contributed by atoms with E-state index in [0.717, 1.165) is 9.84 Å².